The minimum Gasteiger partial charge on any atom is -0.444 e. The summed E-state index contributed by atoms with van der Waals surface area (Å²) in [5, 5.41) is 0. The van der Waals surface area contributed by atoms with E-state index in [2.05, 4.69) is 0 Å². The minimum atomic E-state index is -0.971. The Bertz CT molecular complexity index is 1040. The molecule has 1 aromatic carbocycles. The van der Waals surface area contributed by atoms with Crippen LogP contribution in [0.1, 0.15) is 54.3 Å². The summed E-state index contributed by atoms with van der Waals surface area (Å²) < 4.78 is 5.43. The summed E-state index contributed by atoms with van der Waals surface area (Å²) in [6.07, 6.45) is -0.117. The standard InChI is InChI=1S/C23H28N4O6/c1-23(2,3)33-22(32)26-11-9-25(10-12-26)14-5-6-15-16(13-14)20(30)27(19(15)29)17-7-8-18(28)24(4)21(17)31/h5-6,13,17H,7-12H2,1-4H3. The second-order valence-electron chi connectivity index (χ2n) is 9.51. The Morgan fingerprint density at radius 2 is 1.61 bits per heavy atom. The van der Waals surface area contributed by atoms with Crippen LogP contribution >= 0.6 is 0 Å². The largest absolute Gasteiger partial charge is 0.444 e. The van der Waals surface area contributed by atoms with Crippen LogP contribution < -0.4 is 4.90 Å². The number of fused-ring (bicyclic) bond motifs is 1. The molecule has 3 heterocycles. The Labute approximate surface area is 192 Å². The average molecular weight is 456 g/mol. The first kappa shape index (κ1) is 22.8. The fourth-order valence-electron chi connectivity index (χ4n) is 4.34. The van der Waals surface area contributed by atoms with E-state index in [4.69, 9.17) is 4.74 Å². The number of amides is 5. The highest BCUT2D eigenvalue weighted by Gasteiger charge is 2.46. The van der Waals surface area contributed by atoms with Crippen LogP contribution in [0.15, 0.2) is 18.2 Å². The van der Waals surface area contributed by atoms with Gasteiger partial charge in [0.15, 0.2) is 0 Å². The summed E-state index contributed by atoms with van der Waals surface area (Å²) in [4.78, 5) is 68.3. The van der Waals surface area contributed by atoms with E-state index in [1.807, 2.05) is 25.7 Å². The van der Waals surface area contributed by atoms with Crippen molar-refractivity contribution in [2.24, 2.45) is 0 Å². The number of piperazine rings is 1. The molecule has 0 aromatic heterocycles. The Morgan fingerprint density at radius 3 is 2.24 bits per heavy atom. The molecule has 3 aliphatic heterocycles. The first-order chi connectivity index (χ1) is 15.5. The molecule has 2 saturated heterocycles. The highest BCUT2D eigenvalue weighted by atomic mass is 16.6. The number of likely N-dealkylation sites (N-methyl/N-ethyl adjacent to an activating group) is 1. The van der Waals surface area contributed by atoms with E-state index in [-0.39, 0.29) is 36.0 Å². The molecular formula is C23H28N4O6. The van der Waals surface area contributed by atoms with Crippen molar-refractivity contribution in [1.82, 2.24) is 14.7 Å². The lowest BCUT2D eigenvalue weighted by Crippen LogP contribution is -2.54. The number of piperidine rings is 1. The number of imide groups is 2. The molecule has 0 bridgehead atoms. The molecule has 0 N–H and O–H groups in total. The average Bonchev–Trinajstić information content (AvgIpc) is 3.01. The van der Waals surface area contributed by atoms with Crippen molar-refractivity contribution in [2.75, 3.05) is 38.1 Å². The van der Waals surface area contributed by atoms with E-state index in [1.54, 1.807) is 23.1 Å². The van der Waals surface area contributed by atoms with Gasteiger partial charge in [-0.1, -0.05) is 0 Å². The van der Waals surface area contributed by atoms with Crippen LogP contribution in [0.5, 0.6) is 0 Å². The lowest BCUT2D eigenvalue weighted by atomic mass is 10.0. The van der Waals surface area contributed by atoms with E-state index in [1.165, 1.54) is 7.05 Å². The highest BCUT2D eigenvalue weighted by Crippen LogP contribution is 2.32. The molecule has 5 amide bonds. The molecule has 10 heteroatoms. The van der Waals surface area contributed by atoms with Gasteiger partial charge in [-0.25, -0.2) is 4.79 Å². The third-order valence-corrected chi connectivity index (χ3v) is 6.13. The number of nitrogens with zero attached hydrogens (tertiary/aromatic N) is 4. The maximum Gasteiger partial charge on any atom is 0.410 e. The Hall–Kier alpha value is -3.43. The van der Waals surface area contributed by atoms with E-state index >= 15 is 0 Å². The predicted octanol–water partition coefficient (Wildman–Crippen LogP) is 1.49. The van der Waals surface area contributed by atoms with Gasteiger partial charge in [-0.15, -0.1) is 0 Å². The number of anilines is 1. The smallest absolute Gasteiger partial charge is 0.410 e. The van der Waals surface area contributed by atoms with Crippen molar-refractivity contribution >= 4 is 35.4 Å². The number of benzene rings is 1. The summed E-state index contributed by atoms with van der Waals surface area (Å²) >= 11 is 0. The fourth-order valence-corrected chi connectivity index (χ4v) is 4.34. The van der Waals surface area contributed by atoms with Crippen LogP contribution in [0, 0.1) is 0 Å². The molecule has 10 nitrogen and oxygen atoms in total. The number of ether oxygens (including phenoxy) is 1. The van der Waals surface area contributed by atoms with Gasteiger partial charge in [0.1, 0.15) is 11.6 Å². The van der Waals surface area contributed by atoms with Gasteiger partial charge in [0.25, 0.3) is 17.7 Å². The van der Waals surface area contributed by atoms with E-state index < -0.39 is 29.4 Å². The van der Waals surface area contributed by atoms with Crippen LogP contribution in [0.2, 0.25) is 0 Å². The molecule has 2 fully saturated rings. The molecule has 1 unspecified atom stereocenters. The van der Waals surface area contributed by atoms with Gasteiger partial charge < -0.3 is 14.5 Å². The number of carbonyl (C=O) groups excluding carboxylic acids is 5. The summed E-state index contributed by atoms with van der Waals surface area (Å²) in [6, 6.07) is 4.07. The van der Waals surface area contributed by atoms with Crippen LogP contribution in [0.25, 0.3) is 0 Å². The van der Waals surface area contributed by atoms with Crippen LogP contribution in [-0.4, -0.2) is 89.3 Å². The van der Waals surface area contributed by atoms with Crippen LogP contribution in [0.4, 0.5) is 10.5 Å². The first-order valence-electron chi connectivity index (χ1n) is 11.0. The minimum absolute atomic E-state index is 0.105. The fraction of sp³-hybridized carbons (Fsp3) is 0.522. The first-order valence-corrected chi connectivity index (χ1v) is 11.0. The van der Waals surface area contributed by atoms with Gasteiger partial charge in [-0.05, 0) is 45.4 Å². The van der Waals surface area contributed by atoms with Gasteiger partial charge in [-0.3, -0.25) is 29.0 Å². The maximum atomic E-state index is 13.1. The molecule has 176 valence electrons. The van der Waals surface area contributed by atoms with Crippen molar-refractivity contribution in [3.8, 4) is 0 Å². The van der Waals surface area contributed by atoms with Gasteiger partial charge >= 0.3 is 6.09 Å². The van der Waals surface area contributed by atoms with Crippen molar-refractivity contribution in [2.45, 2.75) is 45.3 Å². The van der Waals surface area contributed by atoms with Crippen LogP contribution in [0.3, 0.4) is 0 Å². The van der Waals surface area contributed by atoms with E-state index in [9.17, 15) is 24.0 Å². The maximum absolute atomic E-state index is 13.1. The SMILES string of the molecule is CN1C(=O)CCC(N2C(=O)c3ccc(N4CCN(C(=O)OC(C)(C)C)CC4)cc3C2=O)C1=O. The van der Waals surface area contributed by atoms with Crippen molar-refractivity contribution < 1.29 is 28.7 Å². The lowest BCUT2D eigenvalue weighted by Gasteiger charge is -2.36. The second kappa shape index (κ2) is 8.17. The molecule has 33 heavy (non-hydrogen) atoms. The molecule has 4 rings (SSSR count). The van der Waals surface area contributed by atoms with E-state index in [0.717, 1.165) is 15.5 Å². The van der Waals surface area contributed by atoms with Gasteiger partial charge in [0, 0.05) is 45.3 Å². The van der Waals surface area contributed by atoms with Gasteiger partial charge in [-0.2, -0.15) is 0 Å². The lowest BCUT2D eigenvalue weighted by molar-refractivity contribution is -0.149. The topological polar surface area (TPSA) is 108 Å². The van der Waals surface area contributed by atoms with Crippen molar-refractivity contribution in [1.29, 1.82) is 0 Å². The Balaban J connectivity index is 1.47. The molecule has 3 aliphatic rings. The van der Waals surface area contributed by atoms with Crippen LogP contribution in [-0.2, 0) is 14.3 Å². The Morgan fingerprint density at radius 1 is 0.970 bits per heavy atom. The zero-order valence-corrected chi connectivity index (χ0v) is 19.3. The number of hydrogen-bond donors (Lipinski definition) is 0. The van der Waals surface area contributed by atoms with Crippen molar-refractivity contribution in [3.05, 3.63) is 29.3 Å². The number of hydrogen-bond acceptors (Lipinski definition) is 7. The van der Waals surface area contributed by atoms with Gasteiger partial charge in [0.2, 0.25) is 5.91 Å². The molecule has 0 saturated carbocycles. The normalized spacial score (nSPS) is 21.6. The third-order valence-electron chi connectivity index (χ3n) is 6.13. The molecule has 0 radical (unpaired) electrons. The van der Waals surface area contributed by atoms with Crippen molar-refractivity contribution in [3.63, 3.8) is 0 Å². The number of carbonyl (C=O) groups is 5. The third kappa shape index (κ3) is 4.17. The van der Waals surface area contributed by atoms with E-state index in [0.29, 0.717) is 26.2 Å². The summed E-state index contributed by atoms with van der Waals surface area (Å²) in [5.41, 5.74) is 0.709. The summed E-state index contributed by atoms with van der Waals surface area (Å²) in [6.45, 7) is 7.53. The quantitative estimate of drug-likeness (QED) is 0.621. The Kier molecular flexibility index (Phi) is 5.63. The number of likely N-dealkylation sites (tertiary alicyclic amines) is 1. The molecular weight excluding hydrogens is 428 g/mol. The van der Waals surface area contributed by atoms with Gasteiger partial charge in [0.05, 0.1) is 11.1 Å². The predicted molar refractivity (Wildman–Crippen MR) is 118 cm³/mol. The molecule has 0 spiro atoms. The zero-order chi connectivity index (χ0) is 24.1. The molecule has 1 aromatic rings. The highest BCUT2D eigenvalue weighted by molar-refractivity contribution is 6.23. The summed E-state index contributed by atoms with van der Waals surface area (Å²) in [7, 11) is 1.37. The summed E-state index contributed by atoms with van der Waals surface area (Å²) in [5.74, 6) is -1.90. The molecule has 0 aliphatic carbocycles. The monoisotopic (exact) mass is 456 g/mol. The zero-order valence-electron chi connectivity index (χ0n) is 19.3. The second-order valence-corrected chi connectivity index (χ2v) is 9.51. The molecule has 1 atom stereocenters. The number of rotatable bonds is 2.